The van der Waals surface area contributed by atoms with Gasteiger partial charge in [0.2, 0.25) is 17.8 Å². The molecule has 7 heteroatoms. The molecule has 0 saturated carbocycles. The van der Waals surface area contributed by atoms with E-state index in [4.69, 9.17) is 5.73 Å². The van der Waals surface area contributed by atoms with Crippen molar-refractivity contribution in [2.24, 2.45) is 0 Å². The third-order valence-corrected chi connectivity index (χ3v) is 3.97. The Hall–Kier alpha value is -1.63. The average Bonchev–Trinajstić information content (AvgIpc) is 2.48. The second-order valence-corrected chi connectivity index (χ2v) is 5.37. The number of nitrogens with one attached hydrogen (secondary N) is 1. The molecule has 1 aliphatic rings. The second kappa shape index (κ2) is 7.40. The van der Waals surface area contributed by atoms with E-state index in [9.17, 15) is 0 Å². The van der Waals surface area contributed by atoms with Crippen molar-refractivity contribution < 1.29 is 0 Å². The molecule has 118 valence electrons. The van der Waals surface area contributed by atoms with Crippen LogP contribution < -0.4 is 16.0 Å². The predicted molar refractivity (Wildman–Crippen MR) is 86.6 cm³/mol. The molecule has 3 N–H and O–H groups in total. The Kier molecular flexibility index (Phi) is 5.55. The number of aromatic nitrogens is 3. The van der Waals surface area contributed by atoms with Gasteiger partial charge in [0.1, 0.15) is 0 Å². The Morgan fingerprint density at radius 3 is 2.67 bits per heavy atom. The first-order valence-electron chi connectivity index (χ1n) is 7.91. The minimum atomic E-state index is 0.276. The Balaban J connectivity index is 2.09. The van der Waals surface area contributed by atoms with Crippen molar-refractivity contribution in [1.82, 2.24) is 19.9 Å². The lowest BCUT2D eigenvalue weighted by Crippen LogP contribution is -2.42. The molecule has 2 heterocycles. The van der Waals surface area contributed by atoms with Crippen LogP contribution in [0.1, 0.15) is 33.6 Å². The highest BCUT2D eigenvalue weighted by atomic mass is 15.3. The van der Waals surface area contributed by atoms with Crippen molar-refractivity contribution in [3.05, 3.63) is 0 Å². The van der Waals surface area contributed by atoms with Gasteiger partial charge in [-0.3, -0.25) is 0 Å². The van der Waals surface area contributed by atoms with Crippen LogP contribution in [0.15, 0.2) is 0 Å². The van der Waals surface area contributed by atoms with E-state index in [2.05, 4.69) is 50.8 Å². The molecule has 0 aromatic carbocycles. The monoisotopic (exact) mass is 293 g/mol. The summed E-state index contributed by atoms with van der Waals surface area (Å²) in [6.45, 7) is 11.4. The molecule has 0 spiro atoms. The largest absolute Gasteiger partial charge is 0.368 e. The Morgan fingerprint density at radius 2 is 2.00 bits per heavy atom. The number of hydrogen-bond acceptors (Lipinski definition) is 7. The van der Waals surface area contributed by atoms with Crippen molar-refractivity contribution in [3.63, 3.8) is 0 Å². The molecular formula is C14H27N7. The number of nitrogens with zero attached hydrogens (tertiary/aromatic N) is 5. The summed E-state index contributed by atoms with van der Waals surface area (Å²) in [7, 11) is 0. The van der Waals surface area contributed by atoms with Crippen LogP contribution in [0, 0.1) is 0 Å². The van der Waals surface area contributed by atoms with Crippen LogP contribution in [0.3, 0.4) is 0 Å². The molecule has 0 radical (unpaired) electrons. The maximum absolute atomic E-state index is 5.83. The third-order valence-electron chi connectivity index (χ3n) is 3.97. The summed E-state index contributed by atoms with van der Waals surface area (Å²) in [6.07, 6.45) is 2.34. The second-order valence-electron chi connectivity index (χ2n) is 5.37. The minimum absolute atomic E-state index is 0.276. The summed E-state index contributed by atoms with van der Waals surface area (Å²) in [6, 6.07) is 0.380. The number of piperidine rings is 1. The molecule has 0 bridgehead atoms. The molecule has 1 atom stereocenters. The summed E-state index contributed by atoms with van der Waals surface area (Å²) in [5, 5.41) is 3.42. The minimum Gasteiger partial charge on any atom is -0.368 e. The standard InChI is InChI=1S/C14H27N7/c1-4-20-9-7-8-11(10-20)16-13-17-12(15)18-14(19-13)21(5-2)6-3/h11H,4-10H2,1-3H3,(H3,15,16,17,18,19). The van der Waals surface area contributed by atoms with Crippen LogP contribution in [0.4, 0.5) is 17.8 Å². The van der Waals surface area contributed by atoms with E-state index in [-0.39, 0.29) is 5.95 Å². The summed E-state index contributed by atoms with van der Waals surface area (Å²) < 4.78 is 0. The molecule has 1 aromatic rings. The van der Waals surface area contributed by atoms with E-state index in [0.717, 1.165) is 32.6 Å². The predicted octanol–water partition coefficient (Wildman–Crippen LogP) is 1.20. The molecular weight excluding hydrogens is 266 g/mol. The molecule has 0 aliphatic carbocycles. The number of nitrogens with two attached hydrogens (primary N) is 1. The third kappa shape index (κ3) is 4.17. The van der Waals surface area contributed by atoms with Gasteiger partial charge in [-0.2, -0.15) is 15.0 Å². The molecule has 1 aromatic heterocycles. The van der Waals surface area contributed by atoms with Gasteiger partial charge in [0, 0.05) is 25.7 Å². The Labute approximate surface area is 127 Å². The Bertz CT molecular complexity index is 447. The maximum atomic E-state index is 5.83. The van der Waals surface area contributed by atoms with Gasteiger partial charge in [-0.05, 0) is 39.8 Å². The van der Waals surface area contributed by atoms with Crippen molar-refractivity contribution in [2.45, 2.75) is 39.7 Å². The quantitative estimate of drug-likeness (QED) is 0.815. The van der Waals surface area contributed by atoms with Gasteiger partial charge in [0.15, 0.2) is 0 Å². The number of nitrogen functional groups attached to an aromatic ring is 1. The normalized spacial score (nSPS) is 19.5. The van der Waals surface area contributed by atoms with Gasteiger partial charge in [-0.25, -0.2) is 0 Å². The fourth-order valence-electron chi connectivity index (χ4n) is 2.74. The topological polar surface area (TPSA) is 83.2 Å². The lowest BCUT2D eigenvalue weighted by molar-refractivity contribution is 0.226. The molecule has 1 aliphatic heterocycles. The highest BCUT2D eigenvalue weighted by Crippen LogP contribution is 2.16. The number of hydrogen-bond donors (Lipinski definition) is 2. The first-order chi connectivity index (χ1) is 10.2. The van der Waals surface area contributed by atoms with Crippen molar-refractivity contribution >= 4 is 17.8 Å². The highest BCUT2D eigenvalue weighted by molar-refractivity contribution is 5.42. The fourth-order valence-corrected chi connectivity index (χ4v) is 2.74. The van der Waals surface area contributed by atoms with E-state index in [0.29, 0.717) is 17.9 Å². The fraction of sp³-hybridized carbons (Fsp3) is 0.786. The van der Waals surface area contributed by atoms with E-state index >= 15 is 0 Å². The van der Waals surface area contributed by atoms with Gasteiger partial charge in [0.25, 0.3) is 0 Å². The van der Waals surface area contributed by atoms with Crippen LogP contribution in [-0.4, -0.2) is 58.6 Å². The Morgan fingerprint density at radius 1 is 1.24 bits per heavy atom. The van der Waals surface area contributed by atoms with Crippen molar-refractivity contribution in [2.75, 3.05) is 48.7 Å². The van der Waals surface area contributed by atoms with E-state index in [1.54, 1.807) is 0 Å². The first kappa shape index (κ1) is 15.8. The smallest absolute Gasteiger partial charge is 0.231 e. The van der Waals surface area contributed by atoms with Crippen LogP contribution in [-0.2, 0) is 0 Å². The SMILES string of the molecule is CCN1CCCC(Nc2nc(N)nc(N(CC)CC)n2)C1. The maximum Gasteiger partial charge on any atom is 0.231 e. The summed E-state index contributed by atoms with van der Waals surface area (Å²) in [5.74, 6) is 1.52. The number of anilines is 3. The van der Waals surface area contributed by atoms with Crippen molar-refractivity contribution in [3.8, 4) is 0 Å². The van der Waals surface area contributed by atoms with Gasteiger partial charge in [-0.1, -0.05) is 6.92 Å². The van der Waals surface area contributed by atoms with E-state index in [1.165, 1.54) is 13.0 Å². The molecule has 2 rings (SSSR count). The van der Waals surface area contributed by atoms with Crippen molar-refractivity contribution in [1.29, 1.82) is 0 Å². The molecule has 21 heavy (non-hydrogen) atoms. The highest BCUT2D eigenvalue weighted by Gasteiger charge is 2.20. The first-order valence-corrected chi connectivity index (χ1v) is 7.91. The zero-order chi connectivity index (χ0) is 15.2. The zero-order valence-electron chi connectivity index (χ0n) is 13.3. The van der Waals surface area contributed by atoms with Crippen LogP contribution >= 0.6 is 0 Å². The summed E-state index contributed by atoms with van der Waals surface area (Å²) in [4.78, 5) is 17.5. The van der Waals surface area contributed by atoms with Gasteiger partial charge >= 0.3 is 0 Å². The van der Waals surface area contributed by atoms with Gasteiger partial charge in [-0.15, -0.1) is 0 Å². The van der Waals surface area contributed by atoms with Crippen LogP contribution in [0.25, 0.3) is 0 Å². The van der Waals surface area contributed by atoms with Crippen LogP contribution in [0.2, 0.25) is 0 Å². The van der Waals surface area contributed by atoms with Gasteiger partial charge in [0.05, 0.1) is 0 Å². The molecule has 1 saturated heterocycles. The van der Waals surface area contributed by atoms with Crippen LogP contribution in [0.5, 0.6) is 0 Å². The van der Waals surface area contributed by atoms with Gasteiger partial charge < -0.3 is 20.9 Å². The number of likely N-dealkylation sites (tertiary alicyclic amines) is 1. The molecule has 7 nitrogen and oxygen atoms in total. The average molecular weight is 293 g/mol. The summed E-state index contributed by atoms with van der Waals surface area (Å²) >= 11 is 0. The summed E-state index contributed by atoms with van der Waals surface area (Å²) in [5.41, 5.74) is 5.83. The molecule has 1 unspecified atom stereocenters. The molecule has 1 fully saturated rings. The lowest BCUT2D eigenvalue weighted by atomic mass is 10.1. The van der Waals surface area contributed by atoms with E-state index in [1.807, 2.05) is 0 Å². The van der Waals surface area contributed by atoms with E-state index < -0.39 is 0 Å². The molecule has 0 amide bonds. The zero-order valence-corrected chi connectivity index (χ0v) is 13.3. The lowest BCUT2D eigenvalue weighted by Gasteiger charge is -2.32. The number of likely N-dealkylation sites (N-methyl/N-ethyl adjacent to an activating group) is 1. The number of rotatable bonds is 6.